The fourth-order valence-electron chi connectivity index (χ4n) is 3.15. The van der Waals surface area contributed by atoms with Gasteiger partial charge in [0.1, 0.15) is 24.1 Å². The topological polar surface area (TPSA) is 173 Å². The van der Waals surface area contributed by atoms with Crippen LogP contribution in [0.3, 0.4) is 0 Å². The molecule has 0 fully saturated rings. The minimum atomic E-state index is -4.92. The number of rotatable bonds is 9. The normalized spacial score (nSPS) is 9.76. The van der Waals surface area contributed by atoms with Crippen molar-refractivity contribution < 1.29 is 61.4 Å². The van der Waals surface area contributed by atoms with E-state index in [9.17, 15) is 53.3 Å². The number of halogens is 6. The maximum Gasteiger partial charge on any atom is 0.303 e. The van der Waals surface area contributed by atoms with Crippen LogP contribution < -0.4 is 0 Å². The van der Waals surface area contributed by atoms with Crippen LogP contribution in [-0.4, -0.2) is 55.3 Å². The Hall–Kier alpha value is -4.92. The van der Waals surface area contributed by atoms with Crippen molar-refractivity contribution in [3.05, 3.63) is 146 Å². The van der Waals surface area contributed by atoms with Gasteiger partial charge in [0, 0.05) is 11.0 Å². The highest BCUT2D eigenvalue weighted by atomic mass is 32.2. The van der Waals surface area contributed by atoms with Gasteiger partial charge in [0.2, 0.25) is 0 Å². The minimum Gasteiger partial charge on any atom is -0.265 e. The average Bonchev–Trinajstić information content (AvgIpc) is 3.10. The van der Waals surface area contributed by atoms with E-state index < -0.39 is 70.3 Å². The van der Waals surface area contributed by atoms with Crippen LogP contribution in [0.1, 0.15) is 18.6 Å². The highest BCUT2D eigenvalue weighted by Crippen LogP contribution is 2.26. The number of nitrogens with zero attached hydrogens (tertiary/aromatic N) is 2. The molecule has 51 heavy (non-hydrogen) atoms. The molecule has 0 aliphatic carbocycles. The van der Waals surface area contributed by atoms with Crippen molar-refractivity contribution in [2.24, 2.45) is 0 Å². The quantitative estimate of drug-likeness (QED) is 0.0707. The molecule has 4 aromatic carbocycles. The lowest BCUT2D eigenvalue weighted by Gasteiger charge is -2.08. The zero-order valence-corrected chi connectivity index (χ0v) is 28.3. The molecule has 0 amide bonds. The summed E-state index contributed by atoms with van der Waals surface area (Å²) >= 11 is 0. The van der Waals surface area contributed by atoms with Gasteiger partial charge in [0.15, 0.2) is 11.9 Å². The van der Waals surface area contributed by atoms with Gasteiger partial charge in [-0.3, -0.25) is 41.8 Å². The molecule has 0 saturated carbocycles. The molecule has 0 atom stereocenters. The molecule has 4 aromatic rings. The van der Waals surface area contributed by atoms with E-state index in [-0.39, 0.29) is 18.9 Å². The molecule has 0 spiro atoms. The Morgan fingerprint density at radius 3 is 1.43 bits per heavy atom. The molecule has 20 heteroatoms. The van der Waals surface area contributed by atoms with E-state index >= 15 is 0 Å². The number of nitro groups is 2. The largest absolute Gasteiger partial charge is 0.303 e. The van der Waals surface area contributed by atoms with Crippen molar-refractivity contribution in [1.29, 1.82) is 0 Å². The Kier molecular flexibility index (Phi) is 26.6. The lowest BCUT2D eigenvalue weighted by molar-refractivity contribution is -0.445. The van der Waals surface area contributed by atoms with Crippen molar-refractivity contribution >= 4 is 25.9 Å². The van der Waals surface area contributed by atoms with Crippen molar-refractivity contribution in [3.8, 4) is 0 Å². The summed E-state index contributed by atoms with van der Waals surface area (Å²) in [5.41, 5.74) is -0.543. The van der Waals surface area contributed by atoms with E-state index in [1.807, 2.05) is 30.3 Å². The van der Waals surface area contributed by atoms with E-state index in [1.165, 1.54) is 12.1 Å². The fraction of sp³-hybridized carbons (Fsp3) is 0.226. The van der Waals surface area contributed by atoms with E-state index in [4.69, 9.17) is 14.3 Å². The summed E-state index contributed by atoms with van der Waals surface area (Å²) < 4.78 is 126. The second-order valence-electron chi connectivity index (χ2n) is 8.22. The zero-order valence-electron chi connectivity index (χ0n) is 26.7. The average molecular weight is 775 g/mol. The Morgan fingerprint density at radius 2 is 0.980 bits per heavy atom. The first-order valence-corrected chi connectivity index (χ1v) is 15.9. The van der Waals surface area contributed by atoms with Crippen molar-refractivity contribution in [1.82, 2.24) is 0 Å². The summed E-state index contributed by atoms with van der Waals surface area (Å²) in [6.07, 6.45) is 0. The highest BCUT2D eigenvalue weighted by Gasteiger charge is 2.27. The maximum atomic E-state index is 13.6. The Bertz CT molecular complexity index is 1780. The molecule has 0 heterocycles. The van der Waals surface area contributed by atoms with Crippen molar-refractivity contribution in [2.45, 2.75) is 30.4 Å². The molecule has 0 radical (unpaired) electrons. The van der Waals surface area contributed by atoms with E-state index in [1.54, 1.807) is 18.2 Å². The van der Waals surface area contributed by atoms with Gasteiger partial charge in [0.05, 0.1) is 43.5 Å². The molecule has 4 rings (SSSR count). The van der Waals surface area contributed by atoms with Crippen LogP contribution in [0.15, 0.2) is 107 Å². The molecule has 12 nitrogen and oxygen atoms in total. The Labute approximate surface area is 291 Å². The highest BCUT2D eigenvalue weighted by molar-refractivity contribution is 7.87. The smallest absolute Gasteiger partial charge is 0.265 e. The molecule has 0 unspecified atom stereocenters. The summed E-state index contributed by atoms with van der Waals surface area (Å²) in [4.78, 5) is 17.0. The van der Waals surface area contributed by atoms with Crippen LogP contribution in [0.4, 0.5) is 32.0 Å². The van der Waals surface area contributed by atoms with Crippen molar-refractivity contribution in [2.75, 3.05) is 28.6 Å². The van der Waals surface area contributed by atoms with Crippen LogP contribution in [0.5, 0.6) is 0 Å². The summed E-state index contributed by atoms with van der Waals surface area (Å²) in [7, 11) is -6.19. The number of benzene rings is 4. The third kappa shape index (κ3) is 18.6. The van der Waals surface area contributed by atoms with E-state index in [0.29, 0.717) is 33.7 Å². The number of alkyl halides is 3. The lowest BCUT2D eigenvalue weighted by Crippen LogP contribution is -2.12. The van der Waals surface area contributed by atoms with Crippen molar-refractivity contribution in [3.63, 3.8) is 0 Å². The molecule has 0 N–H and O–H groups in total. The number of hydrogen-bond donors (Lipinski definition) is 0. The first kappa shape index (κ1) is 50.5. The Balaban J connectivity index is -0.000000726. The minimum absolute atomic E-state index is 0. The van der Waals surface area contributed by atoms with E-state index in [0.717, 1.165) is 36.9 Å². The standard InChI is InChI=1S/C13H8F3NO5S.C13H12O3S.3CH3F.CH3NO2.CH4/c14-9-3-2-6-12(17(18)19)8(9)7-22-23(20,21)13-10(15)4-1-5-11(13)16;14-17(15,13-9-5-2-6-10-13)16-11-12-7-3-1-4-8-12;3*1-2;1-2(3)4;/h1-6H,7H2;1-10H,11H2;3*1H3;1H3;1H4. The van der Waals surface area contributed by atoms with Gasteiger partial charge in [-0.2, -0.15) is 16.8 Å². The predicted molar refractivity (Wildman–Crippen MR) is 177 cm³/mol. The zero-order chi connectivity index (χ0) is 38.9. The molecular formula is C31H36F6N2O10S2. The van der Waals surface area contributed by atoms with Crippen LogP contribution in [0.2, 0.25) is 0 Å². The molecule has 0 aromatic heterocycles. The predicted octanol–water partition coefficient (Wildman–Crippen LogP) is 7.80. The van der Waals surface area contributed by atoms with Gasteiger partial charge in [0.25, 0.3) is 15.8 Å². The van der Waals surface area contributed by atoms with Gasteiger partial charge in [-0.1, -0.05) is 68.1 Å². The SMILES string of the molecule is C.CF.CF.CF.C[N+](=O)[O-].O=S(=O)(OCc1ccccc1)c1ccccc1.O=[N+]([O-])c1cccc(F)c1COS(=O)(=O)c1c(F)cccc1F. The van der Waals surface area contributed by atoms with Gasteiger partial charge in [-0.05, 0) is 35.9 Å². The van der Waals surface area contributed by atoms with Gasteiger partial charge in [-0.15, -0.1) is 0 Å². The van der Waals surface area contributed by atoms with Gasteiger partial charge < -0.3 is 0 Å². The lowest BCUT2D eigenvalue weighted by atomic mass is 10.2. The summed E-state index contributed by atoms with van der Waals surface area (Å²) in [5, 5.41) is 19.6. The second kappa shape index (κ2) is 26.9. The molecule has 284 valence electrons. The summed E-state index contributed by atoms with van der Waals surface area (Å²) in [5.74, 6) is -3.87. The summed E-state index contributed by atoms with van der Waals surface area (Å²) in [6, 6.07) is 22.5. The van der Waals surface area contributed by atoms with Gasteiger partial charge in [-0.25, -0.2) is 13.2 Å². The maximum absolute atomic E-state index is 13.6. The Morgan fingerprint density at radius 1 is 0.588 bits per heavy atom. The first-order chi connectivity index (χ1) is 23.7. The number of hydrogen-bond acceptors (Lipinski definition) is 10. The first-order valence-electron chi connectivity index (χ1n) is 13.1. The third-order valence-electron chi connectivity index (χ3n) is 5.07. The molecular weight excluding hydrogens is 738 g/mol. The molecule has 0 bridgehead atoms. The summed E-state index contributed by atoms with van der Waals surface area (Å²) in [6.45, 7) is -1.03. The monoisotopic (exact) mass is 774 g/mol. The van der Waals surface area contributed by atoms with Crippen LogP contribution in [0, 0.1) is 37.7 Å². The molecule has 0 aliphatic heterocycles. The second-order valence-corrected chi connectivity index (χ2v) is 11.4. The van der Waals surface area contributed by atoms with Gasteiger partial charge >= 0.3 is 10.1 Å². The fourth-order valence-corrected chi connectivity index (χ4v) is 5.08. The number of nitro benzene ring substituents is 1. The third-order valence-corrected chi connectivity index (χ3v) is 7.67. The molecule has 0 aliphatic rings. The van der Waals surface area contributed by atoms with Crippen LogP contribution in [-0.2, 0) is 41.8 Å². The molecule has 0 saturated heterocycles. The van der Waals surface area contributed by atoms with Crippen LogP contribution >= 0.6 is 0 Å². The van der Waals surface area contributed by atoms with E-state index in [2.05, 4.69) is 4.18 Å². The van der Waals surface area contributed by atoms with Crippen LogP contribution in [0.25, 0.3) is 0 Å².